The average Bonchev–Trinajstić information content (AvgIpc) is 2.26. The van der Waals surface area contributed by atoms with E-state index in [1.165, 1.54) is 12.1 Å². The number of halogens is 2. The van der Waals surface area contributed by atoms with Crippen molar-refractivity contribution in [3.05, 3.63) is 35.1 Å². The van der Waals surface area contributed by atoms with E-state index in [2.05, 4.69) is 0 Å². The Balaban J connectivity index is 3.01. The summed E-state index contributed by atoms with van der Waals surface area (Å²) in [4.78, 5) is 0. The second-order valence-corrected chi connectivity index (χ2v) is 3.32. The minimum atomic E-state index is -1.38. The summed E-state index contributed by atoms with van der Waals surface area (Å²) in [5.74, 6) is -0.925. The molecule has 1 rings (SSSR count). The van der Waals surface area contributed by atoms with Crippen molar-refractivity contribution < 1.29 is 14.6 Å². The van der Waals surface area contributed by atoms with Crippen LogP contribution in [0.4, 0.5) is 4.39 Å². The van der Waals surface area contributed by atoms with Crippen LogP contribution in [0.25, 0.3) is 0 Å². The van der Waals surface area contributed by atoms with Gasteiger partial charge in [0.1, 0.15) is 11.9 Å². The quantitative estimate of drug-likeness (QED) is 0.769. The van der Waals surface area contributed by atoms with Crippen molar-refractivity contribution in [2.75, 3.05) is 5.88 Å². The number of aliphatic hydroxyl groups excluding tert-OH is 2. The summed E-state index contributed by atoms with van der Waals surface area (Å²) in [5.41, 5.74) is 0.0889. The lowest BCUT2D eigenvalue weighted by molar-refractivity contribution is 0.0304. The van der Waals surface area contributed by atoms with Crippen molar-refractivity contribution in [2.45, 2.75) is 12.2 Å². The van der Waals surface area contributed by atoms with Crippen LogP contribution in [0.1, 0.15) is 17.2 Å². The van der Waals surface area contributed by atoms with Gasteiger partial charge in [0, 0.05) is 5.56 Å². The zero-order valence-corrected chi connectivity index (χ0v) is 8.45. The predicted octanol–water partition coefficient (Wildman–Crippen LogP) is 1.33. The van der Waals surface area contributed by atoms with Crippen LogP contribution in [0.5, 0.6) is 0 Å². The maximum Gasteiger partial charge on any atom is 0.130 e. The predicted molar refractivity (Wildman–Crippen MR) is 52.8 cm³/mol. The van der Waals surface area contributed by atoms with Crippen molar-refractivity contribution in [2.24, 2.45) is 0 Å². The van der Waals surface area contributed by atoms with Gasteiger partial charge in [-0.1, -0.05) is 6.07 Å². The summed E-state index contributed by atoms with van der Waals surface area (Å²) < 4.78 is 13.3. The molecule has 1 aromatic rings. The molecule has 0 aliphatic rings. The van der Waals surface area contributed by atoms with Crippen LogP contribution in [-0.4, -0.2) is 22.2 Å². The summed E-state index contributed by atoms with van der Waals surface area (Å²) >= 11 is 5.32. The molecule has 0 aliphatic carbocycles. The average molecular weight is 230 g/mol. The Morgan fingerprint density at radius 2 is 2.13 bits per heavy atom. The molecule has 0 radical (unpaired) electrons. The summed E-state index contributed by atoms with van der Waals surface area (Å²) in [5, 5.41) is 27.2. The summed E-state index contributed by atoms with van der Waals surface area (Å²) in [6, 6.07) is 5.39. The highest BCUT2D eigenvalue weighted by molar-refractivity contribution is 6.18. The number of hydrogen-bond acceptors (Lipinski definition) is 3. The number of nitrogens with zero attached hydrogens (tertiary/aromatic N) is 1. The smallest absolute Gasteiger partial charge is 0.130 e. The Hall–Kier alpha value is -1.15. The fraction of sp³-hybridized carbons (Fsp3) is 0.300. The number of aliphatic hydroxyl groups is 2. The van der Waals surface area contributed by atoms with E-state index in [0.717, 1.165) is 6.07 Å². The van der Waals surface area contributed by atoms with Crippen LogP contribution in [0.15, 0.2) is 18.2 Å². The first-order chi connectivity index (χ1) is 7.10. The molecule has 0 saturated carbocycles. The molecule has 2 unspecified atom stereocenters. The molecule has 0 heterocycles. The van der Waals surface area contributed by atoms with E-state index in [1.54, 1.807) is 6.07 Å². The fourth-order valence-corrected chi connectivity index (χ4v) is 1.30. The molecule has 0 saturated heterocycles. The van der Waals surface area contributed by atoms with Crippen LogP contribution in [0.3, 0.4) is 0 Å². The number of hydrogen-bond donors (Lipinski definition) is 2. The molecule has 3 nitrogen and oxygen atoms in total. The van der Waals surface area contributed by atoms with Gasteiger partial charge in [0.25, 0.3) is 0 Å². The van der Waals surface area contributed by atoms with Gasteiger partial charge in [0.15, 0.2) is 0 Å². The molecule has 0 amide bonds. The summed E-state index contributed by atoms with van der Waals surface area (Å²) in [6.45, 7) is 0. The molecule has 0 spiro atoms. The molecule has 15 heavy (non-hydrogen) atoms. The third kappa shape index (κ3) is 2.66. The molecule has 1 aromatic carbocycles. The van der Waals surface area contributed by atoms with Crippen LogP contribution < -0.4 is 0 Å². The first-order valence-corrected chi connectivity index (χ1v) is 4.75. The maximum atomic E-state index is 13.3. The molecule has 0 fully saturated rings. The number of rotatable bonds is 3. The van der Waals surface area contributed by atoms with Crippen molar-refractivity contribution in [3.8, 4) is 6.07 Å². The van der Waals surface area contributed by atoms with E-state index in [9.17, 15) is 14.6 Å². The van der Waals surface area contributed by atoms with Crippen molar-refractivity contribution in [1.82, 2.24) is 0 Å². The second-order valence-electron chi connectivity index (χ2n) is 3.01. The molecular formula is C10H9ClFNO2. The molecular weight excluding hydrogens is 221 g/mol. The minimum Gasteiger partial charge on any atom is -0.389 e. The molecule has 0 aliphatic heterocycles. The molecule has 80 valence electrons. The van der Waals surface area contributed by atoms with Gasteiger partial charge in [0.2, 0.25) is 0 Å². The van der Waals surface area contributed by atoms with E-state index in [-0.39, 0.29) is 17.0 Å². The van der Waals surface area contributed by atoms with Crippen molar-refractivity contribution in [3.63, 3.8) is 0 Å². The Morgan fingerprint density at radius 3 is 2.60 bits per heavy atom. The largest absolute Gasteiger partial charge is 0.389 e. The Kier molecular flexibility index (Phi) is 4.04. The highest BCUT2D eigenvalue weighted by Gasteiger charge is 2.20. The third-order valence-corrected chi connectivity index (χ3v) is 2.29. The van der Waals surface area contributed by atoms with E-state index in [0.29, 0.717) is 0 Å². The molecule has 2 N–H and O–H groups in total. The van der Waals surface area contributed by atoms with E-state index >= 15 is 0 Å². The van der Waals surface area contributed by atoms with Gasteiger partial charge >= 0.3 is 0 Å². The molecule has 5 heteroatoms. The monoisotopic (exact) mass is 229 g/mol. The molecule has 2 atom stereocenters. The van der Waals surface area contributed by atoms with E-state index in [1.807, 2.05) is 0 Å². The van der Waals surface area contributed by atoms with E-state index in [4.69, 9.17) is 16.9 Å². The summed E-state index contributed by atoms with van der Waals surface area (Å²) in [6.07, 6.45) is -2.61. The van der Waals surface area contributed by atoms with Crippen LogP contribution in [0, 0.1) is 17.1 Å². The van der Waals surface area contributed by atoms with Gasteiger partial charge in [-0.15, -0.1) is 11.6 Å². The van der Waals surface area contributed by atoms with Gasteiger partial charge in [-0.05, 0) is 12.1 Å². The highest BCUT2D eigenvalue weighted by atomic mass is 35.5. The van der Waals surface area contributed by atoms with Gasteiger partial charge in [-0.25, -0.2) is 4.39 Å². The van der Waals surface area contributed by atoms with E-state index < -0.39 is 18.0 Å². The zero-order valence-electron chi connectivity index (χ0n) is 7.69. The highest BCUT2D eigenvalue weighted by Crippen LogP contribution is 2.21. The topological polar surface area (TPSA) is 64.2 Å². The third-order valence-electron chi connectivity index (χ3n) is 1.97. The lowest BCUT2D eigenvalue weighted by Crippen LogP contribution is -2.20. The van der Waals surface area contributed by atoms with Crippen LogP contribution in [0.2, 0.25) is 0 Å². The fourth-order valence-electron chi connectivity index (χ4n) is 1.13. The normalized spacial score (nSPS) is 14.3. The SMILES string of the molecule is N#Cc1ccc(C(O)C(O)CCl)c(F)c1. The van der Waals surface area contributed by atoms with Gasteiger partial charge < -0.3 is 10.2 Å². The first kappa shape index (κ1) is 11.9. The number of benzene rings is 1. The van der Waals surface area contributed by atoms with Gasteiger partial charge in [-0.3, -0.25) is 0 Å². The standard InChI is InChI=1S/C10H9ClFNO2/c11-4-9(14)10(15)7-2-1-6(5-13)3-8(7)12/h1-3,9-10,14-15H,4H2. The Labute approximate surface area is 91.3 Å². The molecule has 0 aromatic heterocycles. The van der Waals surface area contributed by atoms with Gasteiger partial charge in [-0.2, -0.15) is 5.26 Å². The number of nitriles is 1. The minimum absolute atomic E-state index is 0.0675. The van der Waals surface area contributed by atoms with Crippen molar-refractivity contribution in [1.29, 1.82) is 5.26 Å². The first-order valence-electron chi connectivity index (χ1n) is 4.21. The Bertz CT molecular complexity index is 391. The zero-order chi connectivity index (χ0) is 11.4. The van der Waals surface area contributed by atoms with Crippen LogP contribution in [-0.2, 0) is 0 Å². The summed E-state index contributed by atoms with van der Waals surface area (Å²) in [7, 11) is 0. The second kappa shape index (κ2) is 5.08. The van der Waals surface area contributed by atoms with Crippen LogP contribution >= 0.6 is 11.6 Å². The van der Waals surface area contributed by atoms with Crippen molar-refractivity contribution >= 4 is 11.6 Å². The Morgan fingerprint density at radius 1 is 1.47 bits per heavy atom. The number of alkyl halides is 1. The lowest BCUT2D eigenvalue weighted by Gasteiger charge is -2.16. The van der Waals surface area contributed by atoms with Gasteiger partial charge in [0.05, 0.1) is 23.6 Å². The maximum absolute atomic E-state index is 13.3. The molecule has 0 bridgehead atoms. The lowest BCUT2D eigenvalue weighted by atomic mass is 10.0.